The van der Waals surface area contributed by atoms with Crippen LogP contribution in [0.1, 0.15) is 23.0 Å². The number of aromatic nitrogens is 5. The van der Waals surface area contributed by atoms with Crippen molar-refractivity contribution in [3.8, 4) is 5.75 Å². The van der Waals surface area contributed by atoms with E-state index in [1.807, 2.05) is 65.6 Å². The van der Waals surface area contributed by atoms with Crippen molar-refractivity contribution in [1.82, 2.24) is 30.1 Å². The van der Waals surface area contributed by atoms with E-state index in [0.717, 1.165) is 16.5 Å². The number of halogens is 1. The van der Waals surface area contributed by atoms with E-state index in [0.29, 0.717) is 55.5 Å². The number of piperazine rings is 1. The first-order valence-electron chi connectivity index (χ1n) is 12.8. The number of ether oxygens (including phenoxy) is 1. The van der Waals surface area contributed by atoms with Crippen molar-refractivity contribution in [1.29, 1.82) is 0 Å². The molecule has 2 aromatic heterocycles. The fourth-order valence-corrected chi connectivity index (χ4v) is 5.24. The summed E-state index contributed by atoms with van der Waals surface area (Å²) in [6.45, 7) is 2.84. The number of pyridine rings is 1. The smallest absolute Gasteiger partial charge is 0.253 e. The Morgan fingerprint density at radius 2 is 1.74 bits per heavy atom. The summed E-state index contributed by atoms with van der Waals surface area (Å²) in [7, 11) is 1.61. The van der Waals surface area contributed by atoms with Crippen molar-refractivity contribution in [2.75, 3.05) is 38.2 Å². The van der Waals surface area contributed by atoms with Gasteiger partial charge in [0.2, 0.25) is 0 Å². The maximum Gasteiger partial charge on any atom is 0.253 e. The van der Waals surface area contributed by atoms with Gasteiger partial charge in [0.15, 0.2) is 5.82 Å². The summed E-state index contributed by atoms with van der Waals surface area (Å²) in [5.74, 6) is 1.03. The molecule has 1 atom stereocenters. The fourth-order valence-electron chi connectivity index (χ4n) is 5.24. The van der Waals surface area contributed by atoms with Crippen molar-refractivity contribution in [3.05, 3.63) is 112 Å². The molecule has 0 bridgehead atoms. The number of para-hydroxylation sites is 1. The maximum atomic E-state index is 14.5. The van der Waals surface area contributed by atoms with E-state index < -0.39 is 6.04 Å². The SMILES string of the molecule is COc1ccc2[nH]c(=O)c([C@H](c3nnnn3Cc3ccccc3)N3CCN(c4ccccc4F)CC3)cc2c1. The van der Waals surface area contributed by atoms with Crippen LogP contribution in [0.15, 0.2) is 83.7 Å². The Balaban J connectivity index is 1.40. The highest BCUT2D eigenvalue weighted by molar-refractivity contribution is 5.80. The molecule has 1 N–H and O–H groups in total. The standard InChI is InChI=1S/C29H28FN7O2/c1-39-22-11-12-25-21(17-22)18-23(29(38)31-25)27(28-32-33-34-37(28)19-20-7-3-2-4-8-20)36-15-13-35(14-16-36)26-10-6-5-9-24(26)30/h2-12,17-18,27H,13-16,19H2,1H3,(H,31,38)/t27-/m1/s1. The molecule has 0 spiro atoms. The minimum Gasteiger partial charge on any atom is -0.497 e. The number of nitrogens with one attached hydrogen (secondary N) is 1. The van der Waals surface area contributed by atoms with Crippen LogP contribution in [0.2, 0.25) is 0 Å². The number of anilines is 1. The first kappa shape index (κ1) is 24.7. The Morgan fingerprint density at radius 1 is 0.974 bits per heavy atom. The molecular formula is C29H28FN7O2. The van der Waals surface area contributed by atoms with Crippen LogP contribution in [0.4, 0.5) is 10.1 Å². The quantitative estimate of drug-likeness (QED) is 0.347. The van der Waals surface area contributed by atoms with Crippen LogP contribution in [0.25, 0.3) is 10.9 Å². The van der Waals surface area contributed by atoms with Gasteiger partial charge in [-0.1, -0.05) is 42.5 Å². The number of benzene rings is 3. The lowest BCUT2D eigenvalue weighted by Crippen LogP contribution is -2.49. The second-order valence-electron chi connectivity index (χ2n) is 9.56. The number of hydrogen-bond acceptors (Lipinski definition) is 7. The second kappa shape index (κ2) is 10.7. The molecule has 1 aliphatic heterocycles. The first-order chi connectivity index (χ1) is 19.1. The molecule has 0 amide bonds. The molecule has 9 nitrogen and oxygen atoms in total. The van der Waals surface area contributed by atoms with Gasteiger partial charge in [0.25, 0.3) is 5.56 Å². The number of H-pyrrole nitrogens is 1. The summed E-state index contributed by atoms with van der Waals surface area (Å²) in [4.78, 5) is 20.8. The van der Waals surface area contributed by atoms with E-state index in [1.54, 1.807) is 23.9 Å². The molecule has 1 saturated heterocycles. The maximum absolute atomic E-state index is 14.5. The molecule has 1 fully saturated rings. The Labute approximate surface area is 224 Å². The minimum atomic E-state index is -0.508. The van der Waals surface area contributed by atoms with Crippen LogP contribution >= 0.6 is 0 Å². The normalized spacial score (nSPS) is 15.0. The van der Waals surface area contributed by atoms with Gasteiger partial charge in [-0.05, 0) is 52.4 Å². The van der Waals surface area contributed by atoms with Crippen molar-refractivity contribution < 1.29 is 9.13 Å². The molecule has 3 heterocycles. The Morgan fingerprint density at radius 3 is 2.51 bits per heavy atom. The van der Waals surface area contributed by atoms with Gasteiger partial charge in [0, 0.05) is 42.6 Å². The number of hydrogen-bond donors (Lipinski definition) is 1. The predicted octanol–water partition coefficient (Wildman–Crippen LogP) is 3.62. The minimum absolute atomic E-state index is 0.205. The van der Waals surface area contributed by atoms with Gasteiger partial charge >= 0.3 is 0 Å². The van der Waals surface area contributed by atoms with Crippen LogP contribution in [-0.4, -0.2) is 63.4 Å². The number of rotatable bonds is 7. The van der Waals surface area contributed by atoms with Crippen molar-refractivity contribution >= 4 is 16.6 Å². The average molecular weight is 526 g/mol. The lowest BCUT2D eigenvalue weighted by molar-refractivity contribution is 0.200. The Kier molecular flexibility index (Phi) is 6.76. The Hall–Kier alpha value is -4.57. The van der Waals surface area contributed by atoms with E-state index in [-0.39, 0.29) is 11.4 Å². The van der Waals surface area contributed by atoms with Crippen molar-refractivity contribution in [3.63, 3.8) is 0 Å². The monoisotopic (exact) mass is 525 g/mol. The third-order valence-electron chi connectivity index (χ3n) is 7.23. The zero-order valence-electron chi connectivity index (χ0n) is 21.5. The molecule has 0 aliphatic carbocycles. The fraction of sp³-hybridized carbons (Fsp3) is 0.241. The molecule has 1 aliphatic rings. The molecule has 3 aromatic carbocycles. The van der Waals surface area contributed by atoms with Gasteiger partial charge in [-0.25, -0.2) is 9.07 Å². The summed E-state index contributed by atoms with van der Waals surface area (Å²) < 4.78 is 21.7. The third kappa shape index (κ3) is 4.98. The third-order valence-corrected chi connectivity index (χ3v) is 7.23. The molecule has 39 heavy (non-hydrogen) atoms. The van der Waals surface area contributed by atoms with E-state index in [9.17, 15) is 9.18 Å². The summed E-state index contributed by atoms with van der Waals surface area (Å²) in [5, 5.41) is 13.5. The zero-order valence-corrected chi connectivity index (χ0v) is 21.5. The number of nitrogens with zero attached hydrogens (tertiary/aromatic N) is 6. The number of fused-ring (bicyclic) bond motifs is 1. The molecule has 0 saturated carbocycles. The molecule has 198 valence electrons. The van der Waals surface area contributed by atoms with Crippen LogP contribution in [0.5, 0.6) is 5.75 Å². The van der Waals surface area contributed by atoms with E-state index in [1.165, 1.54) is 6.07 Å². The number of methoxy groups -OCH3 is 1. The first-order valence-corrected chi connectivity index (χ1v) is 12.8. The van der Waals surface area contributed by atoms with Gasteiger partial charge in [0.05, 0.1) is 19.3 Å². The molecule has 0 unspecified atom stereocenters. The van der Waals surface area contributed by atoms with E-state index >= 15 is 0 Å². The van der Waals surface area contributed by atoms with Gasteiger partial charge in [0.1, 0.15) is 17.6 Å². The summed E-state index contributed by atoms with van der Waals surface area (Å²) >= 11 is 0. The van der Waals surface area contributed by atoms with Crippen LogP contribution in [-0.2, 0) is 6.54 Å². The van der Waals surface area contributed by atoms with Gasteiger partial charge in [-0.3, -0.25) is 9.69 Å². The second-order valence-corrected chi connectivity index (χ2v) is 9.56. The van der Waals surface area contributed by atoms with Crippen LogP contribution < -0.4 is 15.2 Å². The number of tetrazole rings is 1. The average Bonchev–Trinajstić information content (AvgIpc) is 3.42. The Bertz CT molecular complexity index is 1640. The highest BCUT2D eigenvalue weighted by Crippen LogP contribution is 2.30. The van der Waals surface area contributed by atoms with E-state index in [4.69, 9.17) is 4.74 Å². The summed E-state index contributed by atoms with van der Waals surface area (Å²) in [6, 6.07) is 23.7. The molecular weight excluding hydrogens is 497 g/mol. The molecule has 0 radical (unpaired) electrons. The summed E-state index contributed by atoms with van der Waals surface area (Å²) in [5.41, 5.74) is 2.68. The highest BCUT2D eigenvalue weighted by Gasteiger charge is 2.33. The van der Waals surface area contributed by atoms with Crippen molar-refractivity contribution in [2.24, 2.45) is 0 Å². The van der Waals surface area contributed by atoms with Gasteiger partial charge in [-0.2, -0.15) is 0 Å². The summed E-state index contributed by atoms with van der Waals surface area (Å²) in [6.07, 6.45) is 0. The van der Waals surface area contributed by atoms with Gasteiger partial charge < -0.3 is 14.6 Å². The van der Waals surface area contributed by atoms with E-state index in [2.05, 4.69) is 25.4 Å². The molecule has 5 aromatic rings. The predicted molar refractivity (Wildman–Crippen MR) is 147 cm³/mol. The number of aromatic amines is 1. The van der Waals surface area contributed by atoms with Crippen LogP contribution in [0, 0.1) is 5.82 Å². The zero-order chi connectivity index (χ0) is 26.8. The topological polar surface area (TPSA) is 92.2 Å². The van der Waals surface area contributed by atoms with Gasteiger partial charge in [-0.15, -0.1) is 5.10 Å². The molecule has 6 rings (SSSR count). The largest absolute Gasteiger partial charge is 0.497 e. The highest BCUT2D eigenvalue weighted by atomic mass is 19.1. The molecule has 10 heteroatoms. The van der Waals surface area contributed by atoms with Crippen LogP contribution in [0.3, 0.4) is 0 Å². The lowest BCUT2D eigenvalue weighted by Gasteiger charge is -2.39. The lowest BCUT2D eigenvalue weighted by atomic mass is 10.0. The van der Waals surface area contributed by atoms with Crippen molar-refractivity contribution in [2.45, 2.75) is 12.6 Å².